The summed E-state index contributed by atoms with van der Waals surface area (Å²) in [5.41, 5.74) is 0.149. The lowest BCUT2D eigenvalue weighted by atomic mass is 9.80. The van der Waals surface area contributed by atoms with Crippen LogP contribution in [0, 0.1) is 23.5 Å². The van der Waals surface area contributed by atoms with E-state index in [-0.39, 0.29) is 5.56 Å². The Morgan fingerprint density at radius 3 is 2.70 bits per heavy atom. The Morgan fingerprint density at radius 2 is 2.05 bits per heavy atom. The average Bonchev–Trinajstić information content (AvgIpc) is 2.37. The van der Waals surface area contributed by atoms with Crippen molar-refractivity contribution in [2.24, 2.45) is 11.8 Å². The summed E-state index contributed by atoms with van der Waals surface area (Å²) in [6.07, 6.45) is 2.50. The van der Waals surface area contributed by atoms with Crippen LogP contribution in [-0.2, 0) is 0 Å². The lowest BCUT2D eigenvalue weighted by Gasteiger charge is -2.33. The van der Waals surface area contributed by atoms with Gasteiger partial charge in [0.2, 0.25) is 0 Å². The zero-order chi connectivity index (χ0) is 14.7. The molecule has 2 N–H and O–H groups in total. The summed E-state index contributed by atoms with van der Waals surface area (Å²) in [6.45, 7) is 4.76. The largest absolute Gasteiger partial charge is 0.387 e. The fourth-order valence-corrected chi connectivity index (χ4v) is 3.11. The van der Waals surface area contributed by atoms with E-state index in [1.807, 2.05) is 0 Å². The van der Waals surface area contributed by atoms with Gasteiger partial charge in [0.05, 0.1) is 6.10 Å². The number of halogens is 2. The molecule has 2 nitrogen and oxygen atoms in total. The fraction of sp³-hybridized carbons (Fsp3) is 0.625. The van der Waals surface area contributed by atoms with Crippen molar-refractivity contribution in [2.45, 2.75) is 45.3 Å². The maximum Gasteiger partial charge on any atom is 0.131 e. The number of hydrogen-bond acceptors (Lipinski definition) is 2. The summed E-state index contributed by atoms with van der Waals surface area (Å²) in [6, 6.07) is 3.66. The topological polar surface area (TPSA) is 32.3 Å². The molecule has 0 bridgehead atoms. The normalized spacial score (nSPS) is 28.4. The van der Waals surface area contributed by atoms with Crippen LogP contribution in [0.1, 0.15) is 44.8 Å². The molecule has 1 fully saturated rings. The van der Waals surface area contributed by atoms with Crippen molar-refractivity contribution in [1.82, 2.24) is 5.32 Å². The molecular weight excluding hydrogens is 260 g/mol. The molecule has 4 heteroatoms. The van der Waals surface area contributed by atoms with E-state index in [2.05, 4.69) is 19.2 Å². The first-order valence-electron chi connectivity index (χ1n) is 7.33. The van der Waals surface area contributed by atoms with Gasteiger partial charge in [0.15, 0.2) is 0 Å². The van der Waals surface area contributed by atoms with Crippen molar-refractivity contribution < 1.29 is 13.9 Å². The minimum Gasteiger partial charge on any atom is -0.387 e. The van der Waals surface area contributed by atoms with E-state index >= 15 is 0 Å². The molecule has 0 amide bonds. The third-order valence-corrected chi connectivity index (χ3v) is 4.33. The van der Waals surface area contributed by atoms with Gasteiger partial charge < -0.3 is 10.4 Å². The molecule has 112 valence electrons. The summed E-state index contributed by atoms with van der Waals surface area (Å²) in [4.78, 5) is 0. The van der Waals surface area contributed by atoms with Crippen molar-refractivity contribution in [1.29, 1.82) is 0 Å². The third kappa shape index (κ3) is 3.76. The number of aliphatic hydroxyl groups excluding tert-OH is 1. The second-order valence-corrected chi connectivity index (χ2v) is 6.09. The van der Waals surface area contributed by atoms with Gasteiger partial charge in [-0.1, -0.05) is 19.9 Å². The molecular formula is C16H23F2NO. The first kappa shape index (κ1) is 15.4. The Hall–Kier alpha value is -1.00. The Balaban J connectivity index is 1.90. The van der Waals surface area contributed by atoms with Gasteiger partial charge in [-0.15, -0.1) is 0 Å². The summed E-state index contributed by atoms with van der Waals surface area (Å²) < 4.78 is 26.4. The van der Waals surface area contributed by atoms with Crippen LogP contribution in [0.25, 0.3) is 0 Å². The Bertz CT molecular complexity index is 452. The van der Waals surface area contributed by atoms with Crippen LogP contribution in [-0.4, -0.2) is 17.7 Å². The average molecular weight is 283 g/mol. The van der Waals surface area contributed by atoms with E-state index in [1.54, 1.807) is 0 Å². The SMILES string of the molecule is CC1CCC(NCC(O)c2ccc(F)cc2F)C(C)C1. The van der Waals surface area contributed by atoms with Crippen LogP contribution in [0.4, 0.5) is 8.78 Å². The molecule has 2 rings (SSSR count). The van der Waals surface area contributed by atoms with Crippen LogP contribution in [0.15, 0.2) is 18.2 Å². The smallest absolute Gasteiger partial charge is 0.131 e. The van der Waals surface area contributed by atoms with Gasteiger partial charge in [0.25, 0.3) is 0 Å². The number of hydrogen-bond donors (Lipinski definition) is 2. The van der Waals surface area contributed by atoms with Crippen LogP contribution in [0.3, 0.4) is 0 Å². The molecule has 0 saturated heterocycles. The summed E-state index contributed by atoms with van der Waals surface area (Å²) in [5, 5.41) is 13.4. The van der Waals surface area contributed by atoms with Crippen LogP contribution in [0.5, 0.6) is 0 Å². The van der Waals surface area contributed by atoms with Crippen molar-refractivity contribution in [3.63, 3.8) is 0 Å². The first-order chi connectivity index (χ1) is 9.47. The highest BCUT2D eigenvalue weighted by Crippen LogP contribution is 2.29. The number of benzene rings is 1. The highest BCUT2D eigenvalue weighted by atomic mass is 19.1. The maximum absolute atomic E-state index is 13.6. The lowest BCUT2D eigenvalue weighted by Crippen LogP contribution is -2.41. The molecule has 0 aliphatic heterocycles. The summed E-state index contributed by atoms with van der Waals surface area (Å²) in [5.74, 6) is -0.00237. The molecule has 4 atom stereocenters. The third-order valence-electron chi connectivity index (χ3n) is 4.33. The van der Waals surface area contributed by atoms with Crippen LogP contribution < -0.4 is 5.32 Å². The highest BCUT2D eigenvalue weighted by Gasteiger charge is 2.25. The van der Waals surface area contributed by atoms with Crippen molar-refractivity contribution >= 4 is 0 Å². The molecule has 0 heterocycles. The molecule has 1 aromatic carbocycles. The van der Waals surface area contributed by atoms with Gasteiger partial charge >= 0.3 is 0 Å². The van der Waals surface area contributed by atoms with Crippen molar-refractivity contribution in [3.05, 3.63) is 35.4 Å². The quantitative estimate of drug-likeness (QED) is 0.887. The molecule has 0 radical (unpaired) electrons. The number of aliphatic hydroxyl groups is 1. The van der Waals surface area contributed by atoms with Gasteiger partial charge in [-0.25, -0.2) is 8.78 Å². The predicted molar refractivity (Wildman–Crippen MR) is 75.3 cm³/mol. The molecule has 1 aliphatic rings. The maximum atomic E-state index is 13.6. The first-order valence-corrected chi connectivity index (χ1v) is 7.33. The number of nitrogens with one attached hydrogen (secondary N) is 1. The Morgan fingerprint density at radius 1 is 1.30 bits per heavy atom. The lowest BCUT2D eigenvalue weighted by molar-refractivity contribution is 0.147. The molecule has 1 aromatic rings. The Labute approximate surface area is 119 Å². The number of rotatable bonds is 4. The van der Waals surface area contributed by atoms with Crippen molar-refractivity contribution in [2.75, 3.05) is 6.54 Å². The van der Waals surface area contributed by atoms with Gasteiger partial charge in [-0.05, 0) is 37.2 Å². The second kappa shape index (κ2) is 6.64. The highest BCUT2D eigenvalue weighted by molar-refractivity contribution is 5.21. The van der Waals surface area contributed by atoms with E-state index in [9.17, 15) is 13.9 Å². The van der Waals surface area contributed by atoms with Gasteiger partial charge in [-0.3, -0.25) is 0 Å². The van der Waals surface area contributed by atoms with Gasteiger partial charge in [-0.2, -0.15) is 0 Å². The van der Waals surface area contributed by atoms with E-state index < -0.39 is 17.7 Å². The summed E-state index contributed by atoms with van der Waals surface area (Å²) in [7, 11) is 0. The molecule has 0 aromatic heterocycles. The predicted octanol–water partition coefficient (Wildman–Crippen LogP) is 3.41. The van der Waals surface area contributed by atoms with Gasteiger partial charge in [0.1, 0.15) is 11.6 Å². The minimum atomic E-state index is -0.942. The minimum absolute atomic E-state index is 0.149. The van der Waals surface area contributed by atoms with E-state index in [0.717, 1.165) is 18.4 Å². The van der Waals surface area contributed by atoms with E-state index in [1.165, 1.54) is 25.0 Å². The van der Waals surface area contributed by atoms with Crippen LogP contribution >= 0.6 is 0 Å². The monoisotopic (exact) mass is 283 g/mol. The molecule has 0 spiro atoms. The van der Waals surface area contributed by atoms with Gasteiger partial charge in [0, 0.05) is 24.2 Å². The molecule has 4 unspecified atom stereocenters. The molecule has 1 saturated carbocycles. The standard InChI is InChI=1S/C16H23F2NO/c1-10-3-6-15(11(2)7-10)19-9-16(20)13-5-4-12(17)8-14(13)18/h4-5,8,10-11,15-16,19-20H,3,6-7,9H2,1-2H3. The zero-order valence-corrected chi connectivity index (χ0v) is 12.1. The fourth-order valence-electron chi connectivity index (χ4n) is 3.11. The molecule has 20 heavy (non-hydrogen) atoms. The zero-order valence-electron chi connectivity index (χ0n) is 12.1. The van der Waals surface area contributed by atoms with E-state index in [0.29, 0.717) is 18.5 Å². The second-order valence-electron chi connectivity index (χ2n) is 6.09. The Kier molecular flexibility index (Phi) is 5.11. The van der Waals surface area contributed by atoms with E-state index in [4.69, 9.17) is 0 Å². The summed E-state index contributed by atoms with van der Waals surface area (Å²) >= 11 is 0. The van der Waals surface area contributed by atoms with Crippen molar-refractivity contribution in [3.8, 4) is 0 Å². The van der Waals surface area contributed by atoms with Crippen LogP contribution in [0.2, 0.25) is 0 Å². The molecule has 1 aliphatic carbocycles.